The maximum Gasteiger partial charge on any atom is 0.317 e. The van der Waals surface area contributed by atoms with Gasteiger partial charge in [0.2, 0.25) is 0 Å². The quantitative estimate of drug-likeness (QED) is 0.848. The Labute approximate surface area is 122 Å². The van der Waals surface area contributed by atoms with Gasteiger partial charge >= 0.3 is 6.03 Å². The molecule has 108 valence electrons. The lowest BCUT2D eigenvalue weighted by Gasteiger charge is -2.23. The molecule has 1 N–H and O–H groups in total. The monoisotopic (exact) mass is 292 g/mol. The van der Waals surface area contributed by atoms with E-state index < -0.39 is 10.8 Å². The summed E-state index contributed by atoms with van der Waals surface area (Å²) in [5.41, 5.74) is 2.70. The molecule has 20 heavy (non-hydrogen) atoms. The predicted molar refractivity (Wildman–Crippen MR) is 80.2 cm³/mol. The number of hydrogen-bond acceptors (Lipinski definition) is 2. The normalized spacial score (nSPS) is 25.9. The lowest BCUT2D eigenvalue weighted by Crippen LogP contribution is -2.46. The minimum Gasteiger partial charge on any atom is -0.334 e. The second-order valence-electron chi connectivity index (χ2n) is 5.50. The molecule has 0 aliphatic carbocycles. The zero-order valence-electron chi connectivity index (χ0n) is 11.5. The van der Waals surface area contributed by atoms with Crippen LogP contribution in [-0.4, -0.2) is 45.8 Å². The Bertz CT molecular complexity index is 505. The summed E-state index contributed by atoms with van der Waals surface area (Å²) in [5, 5.41) is 3.03. The van der Waals surface area contributed by atoms with Crippen LogP contribution in [0.15, 0.2) is 24.3 Å². The van der Waals surface area contributed by atoms with Gasteiger partial charge in [-0.25, -0.2) is 4.79 Å². The molecule has 1 saturated heterocycles. The van der Waals surface area contributed by atoms with E-state index >= 15 is 0 Å². The smallest absolute Gasteiger partial charge is 0.317 e. The minimum absolute atomic E-state index is 0.00158. The van der Waals surface area contributed by atoms with E-state index in [0.717, 1.165) is 38.1 Å². The van der Waals surface area contributed by atoms with Crippen LogP contribution in [0.4, 0.5) is 4.79 Å². The van der Waals surface area contributed by atoms with Crippen molar-refractivity contribution in [2.45, 2.75) is 25.3 Å². The SMILES string of the molecule is O=C(N[C@H]1CC[S@](=O)C1)N1CCc2ccccc2CC1. The highest BCUT2D eigenvalue weighted by molar-refractivity contribution is 7.85. The van der Waals surface area contributed by atoms with Gasteiger partial charge in [0.1, 0.15) is 0 Å². The summed E-state index contributed by atoms with van der Waals surface area (Å²) in [5.74, 6) is 1.33. The van der Waals surface area contributed by atoms with Crippen LogP contribution in [0.25, 0.3) is 0 Å². The molecule has 0 radical (unpaired) electrons. The van der Waals surface area contributed by atoms with Crippen molar-refractivity contribution in [1.82, 2.24) is 10.2 Å². The van der Waals surface area contributed by atoms with Crippen molar-refractivity contribution in [2.75, 3.05) is 24.6 Å². The van der Waals surface area contributed by atoms with Crippen LogP contribution in [0, 0.1) is 0 Å². The summed E-state index contributed by atoms with van der Waals surface area (Å²) in [7, 11) is -0.743. The summed E-state index contributed by atoms with van der Waals surface area (Å²) >= 11 is 0. The zero-order valence-corrected chi connectivity index (χ0v) is 12.3. The molecule has 1 aromatic rings. The number of carbonyl (C=O) groups is 1. The predicted octanol–water partition coefficient (Wildman–Crippen LogP) is 1.32. The fraction of sp³-hybridized carbons (Fsp3) is 0.533. The van der Waals surface area contributed by atoms with Crippen molar-refractivity contribution in [3.05, 3.63) is 35.4 Å². The maximum atomic E-state index is 12.3. The van der Waals surface area contributed by atoms with E-state index in [9.17, 15) is 9.00 Å². The van der Waals surface area contributed by atoms with E-state index in [2.05, 4.69) is 29.6 Å². The van der Waals surface area contributed by atoms with Crippen LogP contribution in [0.5, 0.6) is 0 Å². The second kappa shape index (κ2) is 5.95. The number of amides is 2. The standard InChI is InChI=1S/C15H20N2O2S/c18-15(16-14-7-10-20(19)11-14)17-8-5-12-3-1-2-4-13(12)6-9-17/h1-4,14H,5-11H2,(H,16,18)/t14-,20-/m0/s1. The number of fused-ring (bicyclic) bond motifs is 1. The van der Waals surface area contributed by atoms with Gasteiger partial charge in [-0.3, -0.25) is 4.21 Å². The third-order valence-corrected chi connectivity index (χ3v) is 5.58. The molecule has 2 amide bonds. The van der Waals surface area contributed by atoms with E-state index in [0.29, 0.717) is 5.75 Å². The van der Waals surface area contributed by atoms with Crippen LogP contribution in [0.3, 0.4) is 0 Å². The topological polar surface area (TPSA) is 49.4 Å². The maximum absolute atomic E-state index is 12.3. The zero-order chi connectivity index (χ0) is 13.9. The van der Waals surface area contributed by atoms with Crippen molar-refractivity contribution in [3.63, 3.8) is 0 Å². The fourth-order valence-corrected chi connectivity index (χ4v) is 4.33. The Balaban J connectivity index is 1.59. The Hall–Kier alpha value is -1.36. The van der Waals surface area contributed by atoms with Gasteiger partial charge in [0, 0.05) is 41.4 Å². The molecule has 0 bridgehead atoms. The number of nitrogens with zero attached hydrogens (tertiary/aromatic N) is 1. The molecule has 0 spiro atoms. The van der Waals surface area contributed by atoms with Crippen molar-refractivity contribution < 1.29 is 9.00 Å². The van der Waals surface area contributed by atoms with E-state index in [1.54, 1.807) is 0 Å². The highest BCUT2D eigenvalue weighted by Crippen LogP contribution is 2.16. The van der Waals surface area contributed by atoms with Gasteiger partial charge in [-0.15, -0.1) is 0 Å². The fourth-order valence-electron chi connectivity index (χ4n) is 2.92. The average Bonchev–Trinajstić information content (AvgIpc) is 2.74. The Morgan fingerprint density at radius 1 is 1.20 bits per heavy atom. The molecule has 2 aliphatic heterocycles. The number of rotatable bonds is 1. The Morgan fingerprint density at radius 3 is 2.40 bits per heavy atom. The van der Waals surface area contributed by atoms with Crippen molar-refractivity contribution in [2.24, 2.45) is 0 Å². The minimum atomic E-state index is -0.743. The molecule has 4 nitrogen and oxygen atoms in total. The highest BCUT2D eigenvalue weighted by Gasteiger charge is 2.25. The van der Waals surface area contributed by atoms with E-state index in [1.165, 1.54) is 11.1 Å². The second-order valence-corrected chi connectivity index (χ2v) is 7.12. The number of hydrogen-bond donors (Lipinski definition) is 1. The first-order valence-electron chi connectivity index (χ1n) is 7.19. The molecule has 5 heteroatoms. The summed E-state index contributed by atoms with van der Waals surface area (Å²) in [6.07, 6.45) is 2.67. The first-order chi connectivity index (χ1) is 9.72. The van der Waals surface area contributed by atoms with Gasteiger partial charge in [0.25, 0.3) is 0 Å². The molecule has 0 aromatic heterocycles. The third kappa shape index (κ3) is 3.03. The first-order valence-corrected chi connectivity index (χ1v) is 8.68. The van der Waals surface area contributed by atoms with Crippen LogP contribution in [0.1, 0.15) is 17.5 Å². The molecule has 3 rings (SSSR count). The van der Waals surface area contributed by atoms with E-state index in [4.69, 9.17) is 0 Å². The Morgan fingerprint density at radius 2 is 1.85 bits per heavy atom. The molecule has 0 unspecified atom stereocenters. The molecular weight excluding hydrogens is 272 g/mol. The summed E-state index contributed by atoms with van der Waals surface area (Å²) in [6, 6.07) is 8.51. The van der Waals surface area contributed by atoms with Gasteiger partial charge in [-0.05, 0) is 30.4 Å². The first kappa shape index (κ1) is 13.6. The van der Waals surface area contributed by atoms with E-state index in [1.807, 2.05) is 4.90 Å². The summed E-state index contributed by atoms with van der Waals surface area (Å²) in [4.78, 5) is 14.2. The van der Waals surface area contributed by atoms with Crippen molar-refractivity contribution >= 4 is 16.8 Å². The van der Waals surface area contributed by atoms with E-state index in [-0.39, 0.29) is 12.1 Å². The van der Waals surface area contributed by atoms with Gasteiger partial charge in [-0.1, -0.05) is 24.3 Å². The largest absolute Gasteiger partial charge is 0.334 e. The number of nitrogens with one attached hydrogen (secondary N) is 1. The average molecular weight is 292 g/mol. The lowest BCUT2D eigenvalue weighted by atomic mass is 10.0. The molecular formula is C15H20N2O2S. The van der Waals surface area contributed by atoms with Gasteiger partial charge in [0.15, 0.2) is 0 Å². The summed E-state index contributed by atoms with van der Waals surface area (Å²) in [6.45, 7) is 1.53. The molecule has 2 atom stereocenters. The number of carbonyl (C=O) groups excluding carboxylic acids is 1. The third-order valence-electron chi connectivity index (χ3n) is 4.12. The van der Waals surface area contributed by atoms with Crippen molar-refractivity contribution in [1.29, 1.82) is 0 Å². The Kier molecular flexibility index (Phi) is 4.05. The lowest BCUT2D eigenvalue weighted by molar-refractivity contribution is 0.197. The van der Waals surface area contributed by atoms with Crippen LogP contribution in [0.2, 0.25) is 0 Å². The van der Waals surface area contributed by atoms with Gasteiger partial charge in [0.05, 0.1) is 0 Å². The highest BCUT2D eigenvalue weighted by atomic mass is 32.2. The molecule has 2 aliphatic rings. The number of benzene rings is 1. The van der Waals surface area contributed by atoms with Crippen molar-refractivity contribution in [3.8, 4) is 0 Å². The van der Waals surface area contributed by atoms with Crippen LogP contribution in [-0.2, 0) is 23.6 Å². The molecule has 1 fully saturated rings. The molecule has 0 saturated carbocycles. The summed E-state index contributed by atoms with van der Waals surface area (Å²) < 4.78 is 11.4. The van der Waals surface area contributed by atoms with Gasteiger partial charge in [-0.2, -0.15) is 0 Å². The molecule has 2 heterocycles. The number of urea groups is 1. The molecule has 1 aromatic carbocycles. The van der Waals surface area contributed by atoms with Gasteiger partial charge < -0.3 is 10.2 Å². The van der Waals surface area contributed by atoms with Crippen LogP contribution >= 0.6 is 0 Å². The van der Waals surface area contributed by atoms with Crippen LogP contribution < -0.4 is 5.32 Å².